The highest BCUT2D eigenvalue weighted by atomic mass is 16.6. The third-order valence-electron chi connectivity index (χ3n) is 2.33. The molecule has 0 unspecified atom stereocenters. The number of carbonyl (C=O) groups excluding carboxylic acids is 1. The molecule has 16 heavy (non-hydrogen) atoms. The zero-order valence-electron chi connectivity index (χ0n) is 9.93. The van der Waals surface area contributed by atoms with E-state index in [1.165, 1.54) is 6.21 Å². The van der Waals surface area contributed by atoms with Crippen molar-refractivity contribution < 1.29 is 9.53 Å². The fraction of sp³-hybridized carbons (Fsp3) is 0.385. The molecule has 1 amide bonds. The minimum absolute atomic E-state index is 0.453. The van der Waals surface area contributed by atoms with Crippen LogP contribution in [0.1, 0.15) is 32.8 Å². The van der Waals surface area contributed by atoms with Crippen molar-refractivity contribution in [1.82, 2.24) is 0 Å². The van der Waals surface area contributed by atoms with Crippen LogP contribution in [0, 0.1) is 0 Å². The lowest BCUT2D eigenvalue weighted by molar-refractivity contribution is 0.0434. The molecule has 1 aromatic carbocycles. The van der Waals surface area contributed by atoms with Crippen molar-refractivity contribution in [3.05, 3.63) is 35.9 Å². The van der Waals surface area contributed by atoms with Crippen LogP contribution in [0.5, 0.6) is 0 Å². The molecule has 3 heteroatoms. The maximum atomic E-state index is 11.4. The lowest BCUT2D eigenvalue weighted by Crippen LogP contribution is -2.25. The second-order valence-electron chi connectivity index (χ2n) is 4.15. The van der Waals surface area contributed by atoms with Crippen LogP contribution in [0.25, 0.3) is 0 Å². The summed E-state index contributed by atoms with van der Waals surface area (Å²) < 4.78 is 5.17. The van der Waals surface area contributed by atoms with Crippen molar-refractivity contribution in [2.75, 3.05) is 0 Å². The van der Waals surface area contributed by atoms with Crippen molar-refractivity contribution in [2.45, 2.75) is 32.8 Å². The van der Waals surface area contributed by atoms with Gasteiger partial charge in [0.25, 0.3) is 0 Å². The predicted octanol–water partition coefficient (Wildman–Crippen LogP) is 3.43. The molecule has 1 aromatic rings. The van der Waals surface area contributed by atoms with Gasteiger partial charge in [0.15, 0.2) is 0 Å². The van der Waals surface area contributed by atoms with Gasteiger partial charge < -0.3 is 4.74 Å². The first-order valence-corrected chi connectivity index (χ1v) is 5.35. The van der Waals surface area contributed by atoms with Crippen molar-refractivity contribution in [1.29, 1.82) is 0 Å². The Morgan fingerprint density at radius 1 is 1.38 bits per heavy atom. The molecule has 0 aliphatic carbocycles. The molecule has 0 saturated heterocycles. The topological polar surface area (TPSA) is 38.7 Å². The first-order valence-electron chi connectivity index (χ1n) is 5.35. The number of nitrogens with zero attached hydrogens (tertiary/aromatic N) is 1. The number of benzene rings is 1. The average molecular weight is 219 g/mol. The van der Waals surface area contributed by atoms with Crippen LogP contribution >= 0.6 is 0 Å². The summed E-state index contributed by atoms with van der Waals surface area (Å²) in [6, 6.07) is 9.45. The van der Waals surface area contributed by atoms with Gasteiger partial charge in [0.1, 0.15) is 5.60 Å². The Bertz CT molecular complexity index is 369. The van der Waals surface area contributed by atoms with Gasteiger partial charge in [-0.2, -0.15) is 4.99 Å². The zero-order valence-corrected chi connectivity index (χ0v) is 9.93. The Labute approximate surface area is 96.2 Å². The summed E-state index contributed by atoms with van der Waals surface area (Å²) in [4.78, 5) is 15.1. The van der Waals surface area contributed by atoms with E-state index in [2.05, 4.69) is 4.99 Å². The Hall–Kier alpha value is -1.64. The molecular weight excluding hydrogens is 202 g/mol. The number of hydrogen-bond donors (Lipinski definition) is 0. The normalized spacial score (nSPS) is 11.7. The van der Waals surface area contributed by atoms with Gasteiger partial charge in [0, 0.05) is 6.21 Å². The van der Waals surface area contributed by atoms with Crippen molar-refractivity contribution in [3.8, 4) is 0 Å². The summed E-state index contributed by atoms with van der Waals surface area (Å²) in [5, 5.41) is 0. The van der Waals surface area contributed by atoms with Crippen molar-refractivity contribution >= 4 is 12.3 Å². The molecule has 0 saturated carbocycles. The molecule has 0 bridgehead atoms. The highest BCUT2D eigenvalue weighted by Gasteiger charge is 2.19. The van der Waals surface area contributed by atoms with Crippen LogP contribution < -0.4 is 0 Å². The second-order valence-corrected chi connectivity index (χ2v) is 4.15. The van der Waals surface area contributed by atoms with Crippen LogP contribution in [0.2, 0.25) is 0 Å². The number of carbonyl (C=O) groups is 1. The average Bonchev–Trinajstić information content (AvgIpc) is 2.27. The monoisotopic (exact) mass is 219 g/mol. The van der Waals surface area contributed by atoms with E-state index in [0.29, 0.717) is 0 Å². The summed E-state index contributed by atoms with van der Waals surface area (Å²) in [7, 11) is 0. The Balaban J connectivity index is 2.56. The van der Waals surface area contributed by atoms with Gasteiger partial charge >= 0.3 is 6.09 Å². The van der Waals surface area contributed by atoms with E-state index in [4.69, 9.17) is 4.74 Å². The Morgan fingerprint density at radius 3 is 2.56 bits per heavy atom. The molecule has 0 aliphatic heterocycles. The van der Waals surface area contributed by atoms with E-state index in [-0.39, 0.29) is 0 Å². The van der Waals surface area contributed by atoms with Crippen LogP contribution in [-0.2, 0) is 4.74 Å². The van der Waals surface area contributed by atoms with E-state index in [9.17, 15) is 4.79 Å². The van der Waals surface area contributed by atoms with Gasteiger partial charge in [0.05, 0.1) is 0 Å². The molecule has 0 heterocycles. The van der Waals surface area contributed by atoms with E-state index in [0.717, 1.165) is 12.0 Å². The van der Waals surface area contributed by atoms with Gasteiger partial charge in [0.2, 0.25) is 0 Å². The number of amides is 1. The molecular formula is C13H17NO2. The molecule has 0 spiro atoms. The first kappa shape index (κ1) is 12.4. The molecule has 0 radical (unpaired) electrons. The standard InChI is InChI=1S/C13H17NO2/c1-4-13(2,3)16-12(15)14-10-11-8-6-5-7-9-11/h5-10H,4H2,1-3H3. The molecule has 0 fully saturated rings. The highest BCUT2D eigenvalue weighted by Crippen LogP contribution is 2.14. The molecule has 0 N–H and O–H groups in total. The predicted molar refractivity (Wildman–Crippen MR) is 64.9 cm³/mol. The zero-order chi connectivity index (χ0) is 12.0. The maximum absolute atomic E-state index is 11.4. The van der Waals surface area contributed by atoms with Gasteiger partial charge in [-0.05, 0) is 25.8 Å². The summed E-state index contributed by atoms with van der Waals surface area (Å²) in [5.74, 6) is 0. The summed E-state index contributed by atoms with van der Waals surface area (Å²) in [5.41, 5.74) is 0.430. The van der Waals surface area contributed by atoms with Gasteiger partial charge in [-0.25, -0.2) is 4.79 Å². The van der Waals surface area contributed by atoms with Crippen molar-refractivity contribution in [2.24, 2.45) is 4.99 Å². The Morgan fingerprint density at radius 2 is 2.00 bits per heavy atom. The minimum atomic E-state index is -0.546. The summed E-state index contributed by atoms with van der Waals surface area (Å²) in [6.45, 7) is 5.69. The molecule has 3 nitrogen and oxygen atoms in total. The maximum Gasteiger partial charge on any atom is 0.434 e. The molecule has 0 aromatic heterocycles. The highest BCUT2D eigenvalue weighted by molar-refractivity contribution is 5.88. The SMILES string of the molecule is CCC(C)(C)OC(=O)N=Cc1ccccc1. The molecule has 0 aliphatic rings. The van der Waals surface area contributed by atoms with Gasteiger partial charge in [-0.15, -0.1) is 0 Å². The fourth-order valence-corrected chi connectivity index (χ4v) is 1.00. The van der Waals surface area contributed by atoms with Crippen LogP contribution in [0.15, 0.2) is 35.3 Å². The number of hydrogen-bond acceptors (Lipinski definition) is 2. The molecule has 0 atom stereocenters. The second kappa shape index (κ2) is 5.45. The largest absolute Gasteiger partial charge is 0.442 e. The third kappa shape index (κ3) is 4.26. The lowest BCUT2D eigenvalue weighted by Gasteiger charge is -2.21. The molecule has 1 rings (SSSR count). The lowest BCUT2D eigenvalue weighted by atomic mass is 10.1. The number of rotatable bonds is 3. The van der Waals surface area contributed by atoms with Crippen LogP contribution in [-0.4, -0.2) is 17.9 Å². The van der Waals surface area contributed by atoms with Gasteiger partial charge in [-0.1, -0.05) is 37.3 Å². The smallest absolute Gasteiger partial charge is 0.434 e. The Kier molecular flexibility index (Phi) is 4.23. The van der Waals surface area contributed by atoms with E-state index in [1.54, 1.807) is 0 Å². The summed E-state index contributed by atoms with van der Waals surface area (Å²) in [6.07, 6.45) is 1.73. The van der Waals surface area contributed by atoms with Crippen molar-refractivity contribution in [3.63, 3.8) is 0 Å². The minimum Gasteiger partial charge on any atom is -0.442 e. The van der Waals surface area contributed by atoms with Crippen LogP contribution in [0.4, 0.5) is 4.79 Å². The van der Waals surface area contributed by atoms with E-state index >= 15 is 0 Å². The quantitative estimate of drug-likeness (QED) is 0.730. The van der Waals surface area contributed by atoms with Gasteiger partial charge in [-0.3, -0.25) is 0 Å². The fourth-order valence-electron chi connectivity index (χ4n) is 1.00. The third-order valence-corrected chi connectivity index (χ3v) is 2.33. The van der Waals surface area contributed by atoms with E-state index < -0.39 is 11.7 Å². The van der Waals surface area contributed by atoms with E-state index in [1.807, 2.05) is 51.1 Å². The number of ether oxygens (including phenoxy) is 1. The van der Waals surface area contributed by atoms with Crippen LogP contribution in [0.3, 0.4) is 0 Å². The summed E-state index contributed by atoms with van der Waals surface area (Å²) >= 11 is 0. The number of aliphatic imine (C=N–C) groups is 1. The first-order chi connectivity index (χ1) is 7.53. The molecule has 86 valence electrons.